The van der Waals surface area contributed by atoms with Gasteiger partial charge in [-0.3, -0.25) is 4.79 Å². The molecule has 2 N–H and O–H groups in total. The quantitative estimate of drug-likeness (QED) is 0.695. The van der Waals surface area contributed by atoms with E-state index in [0.717, 1.165) is 31.6 Å². The van der Waals surface area contributed by atoms with E-state index >= 15 is 0 Å². The monoisotopic (exact) mass is 342 g/mol. The first kappa shape index (κ1) is 21.7. The maximum Gasteiger partial charge on any atom is 0.253 e. The average Bonchev–Trinajstić information content (AvgIpc) is 2.52. The zero-order valence-electron chi connectivity index (χ0n) is 14.7. The molecule has 1 amide bonds. The Morgan fingerprint density at radius 1 is 1.26 bits per heavy atom. The van der Waals surface area contributed by atoms with Gasteiger partial charge >= 0.3 is 0 Å². The minimum absolute atomic E-state index is 0. The van der Waals surface area contributed by atoms with Gasteiger partial charge in [0.2, 0.25) is 0 Å². The molecule has 1 aromatic rings. The molecule has 0 fully saturated rings. The number of carbonyl (C=O) groups excluding carboxylic acids is 1. The molecule has 4 nitrogen and oxygen atoms in total. The molecule has 0 aliphatic rings. The summed E-state index contributed by atoms with van der Waals surface area (Å²) in [6.45, 7) is 7.73. The summed E-state index contributed by atoms with van der Waals surface area (Å²) in [4.78, 5) is 14.1. The lowest BCUT2D eigenvalue weighted by Crippen LogP contribution is -2.34. The Bertz CT molecular complexity index is 449. The highest BCUT2D eigenvalue weighted by molar-refractivity contribution is 5.94. The van der Waals surface area contributed by atoms with E-state index in [0.29, 0.717) is 18.0 Å². The predicted molar refractivity (Wildman–Crippen MR) is 98.5 cm³/mol. The van der Waals surface area contributed by atoms with Crippen molar-refractivity contribution in [3.05, 3.63) is 29.8 Å². The van der Waals surface area contributed by atoms with Crippen LogP contribution in [0.15, 0.2) is 24.3 Å². The van der Waals surface area contributed by atoms with E-state index < -0.39 is 0 Å². The number of nitrogens with zero attached hydrogens (tertiary/aromatic N) is 1. The Hall–Kier alpha value is -1.26. The molecule has 0 aliphatic carbocycles. The van der Waals surface area contributed by atoms with Crippen molar-refractivity contribution < 1.29 is 9.53 Å². The predicted octanol–water partition coefficient (Wildman–Crippen LogP) is 3.73. The summed E-state index contributed by atoms with van der Waals surface area (Å²) in [6.07, 6.45) is 2.97. The Balaban J connectivity index is 0.00000484. The van der Waals surface area contributed by atoms with Crippen molar-refractivity contribution in [1.82, 2.24) is 4.90 Å². The summed E-state index contributed by atoms with van der Waals surface area (Å²) in [5.41, 5.74) is 6.71. The first-order valence-corrected chi connectivity index (χ1v) is 8.19. The van der Waals surface area contributed by atoms with Crippen LogP contribution in [0.5, 0.6) is 5.75 Å². The van der Waals surface area contributed by atoms with E-state index in [2.05, 4.69) is 20.8 Å². The van der Waals surface area contributed by atoms with E-state index in [1.165, 1.54) is 0 Å². The number of carbonyl (C=O) groups is 1. The smallest absolute Gasteiger partial charge is 0.253 e. The molecule has 23 heavy (non-hydrogen) atoms. The van der Waals surface area contributed by atoms with Crippen molar-refractivity contribution in [3.63, 3.8) is 0 Å². The first-order valence-electron chi connectivity index (χ1n) is 8.19. The molecule has 0 aromatic heterocycles. The van der Waals surface area contributed by atoms with Gasteiger partial charge in [0.1, 0.15) is 5.75 Å². The summed E-state index contributed by atoms with van der Waals surface area (Å²) in [6, 6.07) is 7.49. The van der Waals surface area contributed by atoms with Gasteiger partial charge in [0.15, 0.2) is 0 Å². The molecule has 0 saturated heterocycles. The van der Waals surface area contributed by atoms with E-state index in [9.17, 15) is 4.79 Å². The van der Waals surface area contributed by atoms with Crippen molar-refractivity contribution in [2.75, 3.05) is 20.2 Å². The third-order valence-electron chi connectivity index (χ3n) is 3.87. The van der Waals surface area contributed by atoms with Crippen molar-refractivity contribution in [2.24, 2.45) is 11.7 Å². The molecule has 1 unspecified atom stereocenters. The number of benzene rings is 1. The van der Waals surface area contributed by atoms with Crippen LogP contribution < -0.4 is 10.5 Å². The molecule has 0 aliphatic heterocycles. The maximum atomic E-state index is 12.3. The zero-order chi connectivity index (χ0) is 16.5. The number of rotatable bonds is 9. The van der Waals surface area contributed by atoms with Crippen LogP contribution in [0.1, 0.15) is 50.4 Å². The van der Waals surface area contributed by atoms with Crippen LogP contribution in [0, 0.1) is 5.92 Å². The number of amides is 1. The van der Waals surface area contributed by atoms with E-state index in [4.69, 9.17) is 10.5 Å². The van der Waals surface area contributed by atoms with Crippen LogP contribution in [0.4, 0.5) is 0 Å². The minimum atomic E-state index is 0. The molecular weight excluding hydrogens is 312 g/mol. The van der Waals surface area contributed by atoms with Gasteiger partial charge in [0.05, 0.1) is 6.61 Å². The number of hydrogen-bond acceptors (Lipinski definition) is 3. The molecule has 1 atom stereocenters. The Morgan fingerprint density at radius 3 is 2.39 bits per heavy atom. The van der Waals surface area contributed by atoms with E-state index in [1.807, 2.05) is 31.3 Å². The van der Waals surface area contributed by atoms with Crippen LogP contribution in [0.2, 0.25) is 0 Å². The van der Waals surface area contributed by atoms with Crippen molar-refractivity contribution >= 4 is 18.3 Å². The summed E-state index contributed by atoms with van der Waals surface area (Å²) in [5, 5.41) is 0. The molecule has 0 bridgehead atoms. The molecule has 1 aromatic carbocycles. The number of ether oxygens (including phenoxy) is 1. The van der Waals surface area contributed by atoms with Crippen molar-refractivity contribution in [3.8, 4) is 5.75 Å². The summed E-state index contributed by atoms with van der Waals surface area (Å²) in [5.74, 6) is 1.27. The van der Waals surface area contributed by atoms with Gasteiger partial charge in [-0.05, 0) is 43.0 Å². The Labute approximate surface area is 146 Å². The fraction of sp³-hybridized carbons (Fsp3) is 0.611. The van der Waals surface area contributed by atoms with Crippen LogP contribution in [-0.4, -0.2) is 37.0 Å². The number of unbranched alkanes of at least 4 members (excludes halogenated alkanes) is 1. The molecule has 0 spiro atoms. The molecule has 0 heterocycles. The largest absolute Gasteiger partial charge is 0.494 e. The van der Waals surface area contributed by atoms with E-state index in [1.54, 1.807) is 4.90 Å². The first-order chi connectivity index (χ1) is 10.5. The molecule has 5 heteroatoms. The summed E-state index contributed by atoms with van der Waals surface area (Å²) >= 11 is 0. The molecule has 0 radical (unpaired) electrons. The SMILES string of the molecule is CCCCOc1ccc(C(=O)N(C)CCC(N)C(C)C)cc1.Cl. The third-order valence-corrected chi connectivity index (χ3v) is 3.87. The highest BCUT2D eigenvalue weighted by Gasteiger charge is 2.14. The highest BCUT2D eigenvalue weighted by Crippen LogP contribution is 2.14. The minimum Gasteiger partial charge on any atom is -0.494 e. The van der Waals surface area contributed by atoms with Crippen LogP contribution >= 0.6 is 12.4 Å². The van der Waals surface area contributed by atoms with Gasteiger partial charge in [-0.1, -0.05) is 27.2 Å². The lowest BCUT2D eigenvalue weighted by atomic mass is 10.0. The molecular formula is C18H31ClN2O2. The van der Waals surface area contributed by atoms with Gasteiger partial charge in [-0.15, -0.1) is 12.4 Å². The van der Waals surface area contributed by atoms with Crippen LogP contribution in [0.25, 0.3) is 0 Å². The topological polar surface area (TPSA) is 55.6 Å². The standard InChI is InChI=1S/C18H30N2O2.ClH/c1-5-6-13-22-16-9-7-15(8-10-16)18(21)20(4)12-11-17(19)14(2)3;/h7-10,14,17H,5-6,11-13,19H2,1-4H3;1H. The number of halogens is 1. The van der Waals surface area contributed by atoms with Gasteiger partial charge < -0.3 is 15.4 Å². The normalized spacial score (nSPS) is 11.7. The average molecular weight is 343 g/mol. The second-order valence-corrected chi connectivity index (χ2v) is 6.15. The molecule has 132 valence electrons. The lowest BCUT2D eigenvalue weighted by Gasteiger charge is -2.21. The lowest BCUT2D eigenvalue weighted by molar-refractivity contribution is 0.0789. The fourth-order valence-corrected chi connectivity index (χ4v) is 2.03. The number of hydrogen-bond donors (Lipinski definition) is 1. The fourth-order valence-electron chi connectivity index (χ4n) is 2.03. The maximum absolute atomic E-state index is 12.3. The van der Waals surface area contributed by atoms with Gasteiger partial charge in [-0.25, -0.2) is 0 Å². The molecule has 1 rings (SSSR count). The highest BCUT2D eigenvalue weighted by atomic mass is 35.5. The number of nitrogens with two attached hydrogens (primary N) is 1. The summed E-state index contributed by atoms with van der Waals surface area (Å²) in [7, 11) is 1.82. The van der Waals surface area contributed by atoms with Gasteiger partial charge in [0.25, 0.3) is 5.91 Å². The zero-order valence-corrected chi connectivity index (χ0v) is 15.6. The summed E-state index contributed by atoms with van der Waals surface area (Å²) < 4.78 is 5.61. The van der Waals surface area contributed by atoms with Crippen molar-refractivity contribution in [1.29, 1.82) is 0 Å². The van der Waals surface area contributed by atoms with Crippen LogP contribution in [-0.2, 0) is 0 Å². The van der Waals surface area contributed by atoms with Crippen molar-refractivity contribution in [2.45, 2.75) is 46.1 Å². The Morgan fingerprint density at radius 2 is 1.87 bits per heavy atom. The third kappa shape index (κ3) is 7.71. The van der Waals surface area contributed by atoms with Gasteiger partial charge in [-0.2, -0.15) is 0 Å². The second-order valence-electron chi connectivity index (χ2n) is 6.15. The van der Waals surface area contributed by atoms with Gasteiger partial charge in [0, 0.05) is 25.2 Å². The van der Waals surface area contributed by atoms with Crippen LogP contribution in [0.3, 0.4) is 0 Å². The second kappa shape index (κ2) is 11.3. The molecule has 0 saturated carbocycles. The van der Waals surface area contributed by atoms with E-state index in [-0.39, 0.29) is 24.4 Å². The Kier molecular flexibility index (Phi) is 10.7.